The Bertz CT molecular complexity index is 787. The van der Waals surface area contributed by atoms with E-state index in [9.17, 15) is 9.59 Å². The molecule has 1 aliphatic carbocycles. The maximum atomic E-state index is 13.5. The van der Waals surface area contributed by atoms with Gasteiger partial charge in [-0.15, -0.1) is 0 Å². The van der Waals surface area contributed by atoms with Crippen molar-refractivity contribution in [3.63, 3.8) is 0 Å². The Labute approximate surface area is 199 Å². The van der Waals surface area contributed by atoms with Crippen LogP contribution >= 0.6 is 0 Å². The van der Waals surface area contributed by atoms with Crippen LogP contribution in [0.15, 0.2) is 24.3 Å². The zero-order valence-corrected chi connectivity index (χ0v) is 20.6. The van der Waals surface area contributed by atoms with Gasteiger partial charge in [0, 0.05) is 63.0 Å². The number of para-hydroxylation sites is 1. The van der Waals surface area contributed by atoms with E-state index in [2.05, 4.69) is 26.1 Å². The SMILES string of the molecule is CC(C)C(=O)NC1CCN(c2ccccc2C(=O)N2CCN(C3CCCCCC3)CC2)CC1. The molecule has 0 bridgehead atoms. The van der Waals surface area contributed by atoms with Crippen LogP contribution < -0.4 is 10.2 Å². The third-order valence-electron chi connectivity index (χ3n) is 7.78. The molecule has 6 heteroatoms. The largest absolute Gasteiger partial charge is 0.371 e. The van der Waals surface area contributed by atoms with Crippen LogP contribution in [-0.4, -0.2) is 73.0 Å². The highest BCUT2D eigenvalue weighted by Gasteiger charge is 2.29. The molecule has 6 nitrogen and oxygen atoms in total. The number of nitrogens with zero attached hydrogens (tertiary/aromatic N) is 3. The number of anilines is 1. The fraction of sp³-hybridized carbons (Fsp3) is 0.704. The number of benzene rings is 1. The van der Waals surface area contributed by atoms with Gasteiger partial charge in [0.25, 0.3) is 5.91 Å². The van der Waals surface area contributed by atoms with E-state index in [0.717, 1.165) is 69.4 Å². The molecular formula is C27H42N4O2. The Morgan fingerprint density at radius 3 is 2.12 bits per heavy atom. The van der Waals surface area contributed by atoms with E-state index in [0.29, 0.717) is 0 Å². The maximum absolute atomic E-state index is 13.5. The molecule has 3 fully saturated rings. The second kappa shape index (κ2) is 11.4. The number of rotatable bonds is 5. The molecule has 182 valence electrons. The van der Waals surface area contributed by atoms with E-state index in [1.807, 2.05) is 32.0 Å². The van der Waals surface area contributed by atoms with Gasteiger partial charge in [-0.05, 0) is 37.8 Å². The fourth-order valence-corrected chi connectivity index (χ4v) is 5.65. The van der Waals surface area contributed by atoms with Crippen molar-refractivity contribution in [2.45, 2.75) is 77.3 Å². The van der Waals surface area contributed by atoms with Gasteiger partial charge in [-0.1, -0.05) is 51.7 Å². The molecule has 0 aromatic heterocycles. The molecule has 2 saturated heterocycles. The van der Waals surface area contributed by atoms with Crippen LogP contribution in [0.25, 0.3) is 0 Å². The third kappa shape index (κ3) is 6.08. The van der Waals surface area contributed by atoms with Gasteiger partial charge in [-0.2, -0.15) is 0 Å². The molecule has 1 saturated carbocycles. The molecule has 1 N–H and O–H groups in total. The molecule has 2 amide bonds. The lowest BCUT2D eigenvalue weighted by Crippen LogP contribution is -2.52. The monoisotopic (exact) mass is 454 g/mol. The van der Waals surface area contributed by atoms with Gasteiger partial charge in [0.1, 0.15) is 0 Å². The Morgan fingerprint density at radius 2 is 1.48 bits per heavy atom. The normalized spacial score (nSPS) is 21.8. The summed E-state index contributed by atoms with van der Waals surface area (Å²) < 4.78 is 0. The third-order valence-corrected chi connectivity index (χ3v) is 7.78. The Balaban J connectivity index is 1.34. The number of carbonyl (C=O) groups is 2. The lowest BCUT2D eigenvalue weighted by atomic mass is 10.0. The summed E-state index contributed by atoms with van der Waals surface area (Å²) in [5, 5.41) is 3.17. The second-order valence-corrected chi connectivity index (χ2v) is 10.4. The topological polar surface area (TPSA) is 55.9 Å². The first-order chi connectivity index (χ1) is 16.0. The summed E-state index contributed by atoms with van der Waals surface area (Å²) in [7, 11) is 0. The van der Waals surface area contributed by atoms with Gasteiger partial charge >= 0.3 is 0 Å². The van der Waals surface area contributed by atoms with Crippen LogP contribution in [0.4, 0.5) is 5.69 Å². The van der Waals surface area contributed by atoms with Crippen molar-refractivity contribution in [3.05, 3.63) is 29.8 Å². The predicted octanol–water partition coefficient (Wildman–Crippen LogP) is 3.91. The molecular weight excluding hydrogens is 412 g/mol. The van der Waals surface area contributed by atoms with E-state index in [1.54, 1.807) is 0 Å². The second-order valence-electron chi connectivity index (χ2n) is 10.4. The van der Waals surface area contributed by atoms with Crippen LogP contribution in [0.3, 0.4) is 0 Å². The zero-order valence-electron chi connectivity index (χ0n) is 20.6. The molecule has 33 heavy (non-hydrogen) atoms. The van der Waals surface area contributed by atoms with Crippen molar-refractivity contribution in [1.29, 1.82) is 0 Å². The molecule has 0 radical (unpaired) electrons. The quantitative estimate of drug-likeness (QED) is 0.686. The number of hydrogen-bond donors (Lipinski definition) is 1. The molecule has 0 spiro atoms. The summed E-state index contributed by atoms with van der Waals surface area (Å²) >= 11 is 0. The average molecular weight is 455 g/mol. The van der Waals surface area contributed by atoms with Gasteiger partial charge in [-0.25, -0.2) is 0 Å². The molecule has 3 aliphatic rings. The summed E-state index contributed by atoms with van der Waals surface area (Å²) in [6.45, 7) is 9.25. The smallest absolute Gasteiger partial charge is 0.256 e. The molecule has 2 heterocycles. The number of carbonyl (C=O) groups excluding carboxylic acids is 2. The standard InChI is InChI=1S/C27H42N4O2/c1-21(2)26(32)28-22-13-15-30(16-14-22)25-12-8-7-11-24(25)27(33)31-19-17-29(18-20-31)23-9-5-3-4-6-10-23/h7-8,11-12,21-23H,3-6,9-10,13-20H2,1-2H3,(H,28,32). The van der Waals surface area contributed by atoms with Gasteiger partial charge in [0.15, 0.2) is 0 Å². The number of amides is 2. The first kappa shape index (κ1) is 24.1. The highest BCUT2D eigenvalue weighted by atomic mass is 16.2. The van der Waals surface area contributed by atoms with Crippen LogP contribution in [0, 0.1) is 5.92 Å². The summed E-state index contributed by atoms with van der Waals surface area (Å²) in [4.78, 5) is 32.6. The fourth-order valence-electron chi connectivity index (χ4n) is 5.65. The molecule has 0 unspecified atom stereocenters. The van der Waals surface area contributed by atoms with E-state index < -0.39 is 0 Å². The van der Waals surface area contributed by atoms with Gasteiger partial charge in [0.2, 0.25) is 5.91 Å². The number of piperazine rings is 1. The minimum Gasteiger partial charge on any atom is -0.371 e. The minimum atomic E-state index is 0.0180. The summed E-state index contributed by atoms with van der Waals surface area (Å²) in [5.74, 6) is 0.317. The highest BCUT2D eigenvalue weighted by molar-refractivity contribution is 6.00. The van der Waals surface area contributed by atoms with E-state index >= 15 is 0 Å². The first-order valence-corrected chi connectivity index (χ1v) is 13.2. The van der Waals surface area contributed by atoms with Crippen LogP contribution in [-0.2, 0) is 4.79 Å². The zero-order chi connectivity index (χ0) is 23.2. The number of nitrogens with one attached hydrogen (secondary N) is 1. The van der Waals surface area contributed by atoms with Crippen molar-refractivity contribution in [2.75, 3.05) is 44.2 Å². The molecule has 1 aromatic carbocycles. The van der Waals surface area contributed by atoms with Crippen molar-refractivity contribution in [3.8, 4) is 0 Å². The summed E-state index contributed by atoms with van der Waals surface area (Å²) in [5.41, 5.74) is 1.87. The molecule has 4 rings (SSSR count). The average Bonchev–Trinajstić information content (AvgIpc) is 3.14. The van der Waals surface area contributed by atoms with E-state index in [-0.39, 0.29) is 23.8 Å². The van der Waals surface area contributed by atoms with E-state index in [1.165, 1.54) is 38.5 Å². The van der Waals surface area contributed by atoms with E-state index in [4.69, 9.17) is 0 Å². The van der Waals surface area contributed by atoms with Crippen LogP contribution in [0.2, 0.25) is 0 Å². The van der Waals surface area contributed by atoms with Gasteiger partial charge in [-0.3, -0.25) is 14.5 Å². The minimum absolute atomic E-state index is 0.0180. The number of hydrogen-bond acceptors (Lipinski definition) is 4. The molecule has 1 aromatic rings. The maximum Gasteiger partial charge on any atom is 0.256 e. The van der Waals surface area contributed by atoms with Gasteiger partial charge in [0.05, 0.1) is 5.56 Å². The Hall–Kier alpha value is -2.08. The Kier molecular flexibility index (Phi) is 8.29. The van der Waals surface area contributed by atoms with Crippen LogP contribution in [0.1, 0.15) is 75.6 Å². The van der Waals surface area contributed by atoms with Crippen molar-refractivity contribution in [2.24, 2.45) is 5.92 Å². The van der Waals surface area contributed by atoms with Crippen molar-refractivity contribution < 1.29 is 9.59 Å². The Morgan fingerprint density at radius 1 is 0.848 bits per heavy atom. The van der Waals surface area contributed by atoms with Crippen molar-refractivity contribution >= 4 is 17.5 Å². The summed E-state index contributed by atoms with van der Waals surface area (Å²) in [6, 6.07) is 9.03. The van der Waals surface area contributed by atoms with Gasteiger partial charge < -0.3 is 15.1 Å². The number of piperidine rings is 1. The van der Waals surface area contributed by atoms with Crippen LogP contribution in [0.5, 0.6) is 0 Å². The summed E-state index contributed by atoms with van der Waals surface area (Å²) in [6.07, 6.45) is 9.96. The lowest BCUT2D eigenvalue weighted by Gasteiger charge is -2.40. The van der Waals surface area contributed by atoms with Crippen molar-refractivity contribution in [1.82, 2.24) is 15.1 Å². The first-order valence-electron chi connectivity index (χ1n) is 13.2. The lowest BCUT2D eigenvalue weighted by molar-refractivity contribution is -0.124. The highest BCUT2D eigenvalue weighted by Crippen LogP contribution is 2.27. The molecule has 0 atom stereocenters. The molecule has 2 aliphatic heterocycles. The predicted molar refractivity (Wildman–Crippen MR) is 134 cm³/mol.